The van der Waals surface area contributed by atoms with E-state index < -0.39 is 0 Å². The Labute approximate surface area is 129 Å². The zero-order valence-electron chi connectivity index (χ0n) is 12.5. The van der Waals surface area contributed by atoms with Gasteiger partial charge in [-0.05, 0) is 18.3 Å². The van der Waals surface area contributed by atoms with Gasteiger partial charge in [0.05, 0.1) is 12.3 Å². The molecule has 1 aliphatic heterocycles. The summed E-state index contributed by atoms with van der Waals surface area (Å²) in [6.45, 7) is 2.27. The van der Waals surface area contributed by atoms with Crippen molar-refractivity contribution < 1.29 is 9.53 Å². The van der Waals surface area contributed by atoms with E-state index in [1.807, 2.05) is 10.3 Å². The number of anilines is 1. The zero-order valence-corrected chi connectivity index (χ0v) is 13.3. The number of nitrogens with zero attached hydrogens (tertiary/aromatic N) is 2. The number of nitrogens with one attached hydrogen (secondary N) is 1. The summed E-state index contributed by atoms with van der Waals surface area (Å²) in [4.78, 5) is 18.6. The average molecular weight is 309 g/mol. The third-order valence-electron chi connectivity index (χ3n) is 4.64. The molecule has 0 radical (unpaired) electrons. The van der Waals surface area contributed by atoms with Crippen LogP contribution in [0.4, 0.5) is 9.93 Å². The molecule has 0 aromatic carbocycles. The van der Waals surface area contributed by atoms with Crippen molar-refractivity contribution in [2.75, 3.05) is 25.5 Å². The van der Waals surface area contributed by atoms with Crippen molar-refractivity contribution in [3.05, 3.63) is 11.1 Å². The Morgan fingerprint density at radius 1 is 1.43 bits per heavy atom. The number of thiazole rings is 1. The van der Waals surface area contributed by atoms with Crippen molar-refractivity contribution in [1.29, 1.82) is 0 Å². The van der Waals surface area contributed by atoms with E-state index in [1.54, 1.807) is 7.11 Å². The lowest BCUT2D eigenvalue weighted by Gasteiger charge is -2.19. The van der Waals surface area contributed by atoms with Gasteiger partial charge in [0.1, 0.15) is 0 Å². The van der Waals surface area contributed by atoms with E-state index in [1.165, 1.54) is 37.0 Å². The monoisotopic (exact) mass is 309 g/mol. The van der Waals surface area contributed by atoms with Gasteiger partial charge in [-0.25, -0.2) is 9.78 Å². The van der Waals surface area contributed by atoms with Gasteiger partial charge in [-0.15, -0.1) is 11.3 Å². The van der Waals surface area contributed by atoms with Crippen LogP contribution in [-0.4, -0.2) is 36.1 Å². The standard InChI is InChI=1S/C15H23N3O2S/c1-20-9-13-10-21-14(16-13)17-15(19)18-7-6-12(8-18)11-4-2-3-5-11/h10-12H,2-9H2,1H3,(H,16,17,19)/t12-/m0/s1. The topological polar surface area (TPSA) is 54.5 Å². The maximum atomic E-state index is 12.3. The number of carbonyl (C=O) groups excluding carboxylic acids is 1. The molecule has 3 rings (SSSR count). The molecule has 1 aromatic heterocycles. The number of hydrogen-bond acceptors (Lipinski definition) is 4. The zero-order chi connectivity index (χ0) is 14.7. The van der Waals surface area contributed by atoms with Gasteiger partial charge in [-0.3, -0.25) is 5.32 Å². The molecule has 1 atom stereocenters. The average Bonchev–Trinajstić information content (AvgIpc) is 3.20. The molecule has 2 aliphatic rings. The maximum Gasteiger partial charge on any atom is 0.323 e. The third kappa shape index (κ3) is 3.55. The highest BCUT2D eigenvalue weighted by molar-refractivity contribution is 7.13. The van der Waals surface area contributed by atoms with Crippen LogP contribution in [-0.2, 0) is 11.3 Å². The van der Waals surface area contributed by atoms with Crippen molar-refractivity contribution in [3.63, 3.8) is 0 Å². The van der Waals surface area contributed by atoms with E-state index in [0.29, 0.717) is 17.7 Å². The summed E-state index contributed by atoms with van der Waals surface area (Å²) in [6, 6.07) is -0.00573. The van der Waals surface area contributed by atoms with Gasteiger partial charge in [0.15, 0.2) is 5.13 Å². The number of carbonyl (C=O) groups is 1. The fraction of sp³-hybridized carbons (Fsp3) is 0.733. The minimum Gasteiger partial charge on any atom is -0.378 e. The van der Waals surface area contributed by atoms with Crippen LogP contribution >= 0.6 is 11.3 Å². The quantitative estimate of drug-likeness (QED) is 0.928. The number of likely N-dealkylation sites (tertiary alicyclic amines) is 1. The lowest BCUT2D eigenvalue weighted by atomic mass is 9.90. The minimum atomic E-state index is -0.00573. The summed E-state index contributed by atoms with van der Waals surface area (Å²) < 4.78 is 5.04. The number of methoxy groups -OCH3 is 1. The molecule has 1 aromatic rings. The molecule has 116 valence electrons. The molecule has 0 spiro atoms. The van der Waals surface area contributed by atoms with E-state index in [2.05, 4.69) is 10.3 Å². The van der Waals surface area contributed by atoms with Crippen molar-refractivity contribution in [1.82, 2.24) is 9.88 Å². The second kappa shape index (κ2) is 6.75. The second-order valence-corrected chi connectivity index (χ2v) is 6.90. The van der Waals surface area contributed by atoms with Crippen LogP contribution in [0.5, 0.6) is 0 Å². The Bertz CT molecular complexity index is 485. The fourth-order valence-corrected chi connectivity index (χ4v) is 4.22. The van der Waals surface area contributed by atoms with E-state index in [-0.39, 0.29) is 6.03 Å². The molecule has 6 heteroatoms. The Morgan fingerprint density at radius 3 is 3.00 bits per heavy atom. The van der Waals surface area contributed by atoms with Crippen LogP contribution in [0.2, 0.25) is 0 Å². The molecular formula is C15H23N3O2S. The first kappa shape index (κ1) is 14.8. The summed E-state index contributed by atoms with van der Waals surface area (Å²) in [5.41, 5.74) is 0.864. The number of urea groups is 1. The molecule has 1 aliphatic carbocycles. The molecule has 0 bridgehead atoms. The van der Waals surface area contributed by atoms with Crippen molar-refractivity contribution in [2.24, 2.45) is 11.8 Å². The summed E-state index contributed by atoms with van der Waals surface area (Å²) in [6.07, 6.45) is 6.61. The molecule has 21 heavy (non-hydrogen) atoms. The lowest BCUT2D eigenvalue weighted by molar-refractivity contribution is 0.182. The summed E-state index contributed by atoms with van der Waals surface area (Å²) in [5, 5.41) is 5.50. The van der Waals surface area contributed by atoms with E-state index in [9.17, 15) is 4.79 Å². The highest BCUT2D eigenvalue weighted by atomic mass is 32.1. The lowest BCUT2D eigenvalue weighted by Crippen LogP contribution is -2.33. The Kier molecular flexibility index (Phi) is 4.75. The third-order valence-corrected chi connectivity index (χ3v) is 5.44. The van der Waals surface area contributed by atoms with Crippen LogP contribution in [0.1, 0.15) is 37.8 Å². The van der Waals surface area contributed by atoms with Gasteiger partial charge in [0.25, 0.3) is 0 Å². The summed E-state index contributed by atoms with van der Waals surface area (Å²) in [5.74, 6) is 1.55. The highest BCUT2D eigenvalue weighted by Gasteiger charge is 2.33. The number of ether oxygens (including phenoxy) is 1. The SMILES string of the molecule is COCc1csc(NC(=O)N2CC[C@H](C3CCCC3)C2)n1. The Hall–Kier alpha value is -1.14. The van der Waals surface area contributed by atoms with Gasteiger partial charge < -0.3 is 9.64 Å². The molecule has 5 nitrogen and oxygen atoms in total. The number of hydrogen-bond donors (Lipinski definition) is 1. The van der Waals surface area contributed by atoms with E-state index in [0.717, 1.165) is 31.1 Å². The first-order chi connectivity index (χ1) is 10.3. The van der Waals surface area contributed by atoms with Gasteiger partial charge >= 0.3 is 6.03 Å². The first-order valence-corrected chi connectivity index (χ1v) is 8.63. The molecule has 1 saturated heterocycles. The predicted octanol–water partition coefficient (Wildman–Crippen LogP) is 3.33. The largest absolute Gasteiger partial charge is 0.378 e. The fourth-order valence-electron chi connectivity index (χ4n) is 3.53. The van der Waals surface area contributed by atoms with Crippen LogP contribution < -0.4 is 5.32 Å². The van der Waals surface area contributed by atoms with Gasteiger partial charge in [-0.1, -0.05) is 25.7 Å². The first-order valence-electron chi connectivity index (χ1n) is 7.75. The van der Waals surface area contributed by atoms with Gasteiger partial charge in [0.2, 0.25) is 0 Å². The predicted molar refractivity (Wildman–Crippen MR) is 83.5 cm³/mol. The molecule has 2 amide bonds. The van der Waals surface area contributed by atoms with Crippen LogP contribution in [0.25, 0.3) is 0 Å². The molecule has 0 unspecified atom stereocenters. The highest BCUT2D eigenvalue weighted by Crippen LogP contribution is 2.36. The Morgan fingerprint density at radius 2 is 2.24 bits per heavy atom. The number of rotatable bonds is 4. The normalized spacial score (nSPS) is 22.9. The molecular weight excluding hydrogens is 286 g/mol. The van der Waals surface area contributed by atoms with Crippen LogP contribution in [0.3, 0.4) is 0 Å². The van der Waals surface area contributed by atoms with Gasteiger partial charge in [-0.2, -0.15) is 0 Å². The van der Waals surface area contributed by atoms with Crippen molar-refractivity contribution in [2.45, 2.75) is 38.7 Å². The molecule has 1 saturated carbocycles. The number of aromatic nitrogens is 1. The minimum absolute atomic E-state index is 0.00573. The summed E-state index contributed by atoms with van der Waals surface area (Å²) in [7, 11) is 1.64. The van der Waals surface area contributed by atoms with Crippen molar-refractivity contribution >= 4 is 22.5 Å². The Balaban J connectivity index is 1.51. The van der Waals surface area contributed by atoms with Crippen LogP contribution in [0, 0.1) is 11.8 Å². The van der Waals surface area contributed by atoms with E-state index >= 15 is 0 Å². The second-order valence-electron chi connectivity index (χ2n) is 6.05. The number of amides is 2. The molecule has 1 N–H and O–H groups in total. The summed E-state index contributed by atoms with van der Waals surface area (Å²) >= 11 is 1.45. The maximum absolute atomic E-state index is 12.3. The molecule has 2 fully saturated rings. The van der Waals surface area contributed by atoms with Crippen LogP contribution in [0.15, 0.2) is 5.38 Å². The van der Waals surface area contributed by atoms with E-state index in [4.69, 9.17) is 4.74 Å². The van der Waals surface area contributed by atoms with Gasteiger partial charge in [0, 0.05) is 25.6 Å². The smallest absolute Gasteiger partial charge is 0.323 e. The van der Waals surface area contributed by atoms with Crippen molar-refractivity contribution in [3.8, 4) is 0 Å². The molecule has 2 heterocycles.